The van der Waals surface area contributed by atoms with Crippen molar-refractivity contribution in [1.29, 1.82) is 0 Å². The van der Waals surface area contributed by atoms with Gasteiger partial charge >= 0.3 is 5.97 Å². The third-order valence-corrected chi connectivity index (χ3v) is 6.22. The number of benzene rings is 3. The van der Waals surface area contributed by atoms with Gasteiger partial charge in [0.2, 0.25) is 0 Å². The minimum absolute atomic E-state index is 0.0133. The second-order valence-electron chi connectivity index (χ2n) is 8.86. The standard InChI is InChI=1S/C28H28N4O7/c1-38-25-8-4-3-7-22(25)30-27(34)19-9-12-21(13-10-19)29-26(33)18-39-28(35)20-11-14-23(24(17-20)32(36)37)31-15-5-2-6-16-31/h3-4,7-14,17H,2,5-6,15-16,18H2,1H3,(H,29,33)(H,30,34). The molecule has 1 aliphatic rings. The number of nitro benzene ring substituents is 1. The number of amides is 2. The first-order chi connectivity index (χ1) is 18.9. The summed E-state index contributed by atoms with van der Waals surface area (Å²) in [4.78, 5) is 50.4. The smallest absolute Gasteiger partial charge is 0.338 e. The summed E-state index contributed by atoms with van der Waals surface area (Å²) in [6.45, 7) is 0.854. The molecule has 0 bridgehead atoms. The summed E-state index contributed by atoms with van der Waals surface area (Å²) in [6.07, 6.45) is 2.99. The zero-order valence-electron chi connectivity index (χ0n) is 21.3. The van der Waals surface area contributed by atoms with E-state index in [4.69, 9.17) is 9.47 Å². The van der Waals surface area contributed by atoms with Crippen molar-refractivity contribution in [3.63, 3.8) is 0 Å². The Kier molecular flexibility index (Phi) is 8.72. The maximum Gasteiger partial charge on any atom is 0.338 e. The molecule has 1 fully saturated rings. The van der Waals surface area contributed by atoms with Crippen molar-refractivity contribution in [3.05, 3.63) is 88.0 Å². The predicted octanol–water partition coefficient (Wildman–Crippen LogP) is 4.64. The summed E-state index contributed by atoms with van der Waals surface area (Å²) in [5.74, 6) is -1.28. The average Bonchev–Trinajstić information content (AvgIpc) is 2.96. The first-order valence-electron chi connectivity index (χ1n) is 12.4. The number of piperidine rings is 1. The number of methoxy groups -OCH3 is 1. The number of nitro groups is 1. The van der Waals surface area contributed by atoms with Crippen molar-refractivity contribution in [2.75, 3.05) is 42.3 Å². The lowest BCUT2D eigenvalue weighted by Gasteiger charge is -2.28. The largest absolute Gasteiger partial charge is 0.495 e. The number of nitrogens with zero attached hydrogens (tertiary/aromatic N) is 2. The van der Waals surface area contributed by atoms with Crippen LogP contribution >= 0.6 is 0 Å². The van der Waals surface area contributed by atoms with Crippen molar-refractivity contribution in [1.82, 2.24) is 0 Å². The van der Waals surface area contributed by atoms with E-state index in [1.807, 2.05) is 4.90 Å². The molecule has 3 aromatic carbocycles. The molecule has 0 radical (unpaired) electrons. The topological polar surface area (TPSA) is 140 Å². The van der Waals surface area contributed by atoms with Gasteiger partial charge in [-0.3, -0.25) is 19.7 Å². The molecular formula is C28H28N4O7. The molecule has 0 saturated carbocycles. The van der Waals surface area contributed by atoms with Crippen LogP contribution in [0.2, 0.25) is 0 Å². The SMILES string of the molecule is COc1ccccc1NC(=O)c1ccc(NC(=O)COC(=O)c2ccc(N3CCCCC3)c([N+](=O)[O-])c2)cc1. The summed E-state index contributed by atoms with van der Waals surface area (Å²) < 4.78 is 10.3. The molecule has 202 valence electrons. The minimum atomic E-state index is -0.846. The van der Waals surface area contributed by atoms with Gasteiger partial charge in [-0.25, -0.2) is 4.79 Å². The van der Waals surface area contributed by atoms with E-state index < -0.39 is 23.4 Å². The Hall–Kier alpha value is -4.93. The molecule has 1 saturated heterocycles. The lowest BCUT2D eigenvalue weighted by molar-refractivity contribution is -0.384. The monoisotopic (exact) mass is 532 g/mol. The fourth-order valence-electron chi connectivity index (χ4n) is 4.26. The molecule has 11 heteroatoms. The Morgan fingerprint density at radius 1 is 0.923 bits per heavy atom. The van der Waals surface area contributed by atoms with Gasteiger partial charge in [0, 0.05) is 30.4 Å². The van der Waals surface area contributed by atoms with Crippen molar-refractivity contribution < 1.29 is 28.8 Å². The summed E-state index contributed by atoms with van der Waals surface area (Å²) in [7, 11) is 1.51. The molecule has 0 spiro atoms. The van der Waals surface area contributed by atoms with Crippen LogP contribution in [0.5, 0.6) is 5.75 Å². The van der Waals surface area contributed by atoms with Gasteiger partial charge < -0.3 is 25.0 Å². The lowest BCUT2D eigenvalue weighted by atomic mass is 10.1. The Balaban J connectivity index is 1.31. The third kappa shape index (κ3) is 6.89. The van der Waals surface area contributed by atoms with E-state index in [9.17, 15) is 24.5 Å². The van der Waals surface area contributed by atoms with E-state index in [1.54, 1.807) is 42.5 Å². The number of anilines is 3. The van der Waals surface area contributed by atoms with Crippen LogP contribution in [-0.4, -0.2) is 49.5 Å². The Labute approximate surface area is 224 Å². The van der Waals surface area contributed by atoms with Crippen LogP contribution in [0.1, 0.15) is 40.0 Å². The average molecular weight is 533 g/mol. The van der Waals surface area contributed by atoms with Gasteiger partial charge in [-0.15, -0.1) is 0 Å². The maximum absolute atomic E-state index is 12.5. The van der Waals surface area contributed by atoms with E-state index in [-0.39, 0.29) is 17.2 Å². The maximum atomic E-state index is 12.5. The molecule has 1 aliphatic heterocycles. The van der Waals surface area contributed by atoms with Gasteiger partial charge in [-0.2, -0.15) is 0 Å². The van der Waals surface area contributed by atoms with Crippen molar-refractivity contribution in [2.24, 2.45) is 0 Å². The molecule has 1 heterocycles. The first kappa shape index (κ1) is 27.1. The zero-order valence-corrected chi connectivity index (χ0v) is 21.3. The van der Waals surface area contributed by atoms with Gasteiger partial charge in [0.1, 0.15) is 11.4 Å². The predicted molar refractivity (Wildman–Crippen MR) is 145 cm³/mol. The highest BCUT2D eigenvalue weighted by Gasteiger charge is 2.24. The highest BCUT2D eigenvalue weighted by atomic mass is 16.6. The molecule has 11 nitrogen and oxygen atoms in total. The summed E-state index contributed by atoms with van der Waals surface area (Å²) in [5, 5.41) is 17.0. The Bertz CT molecular complexity index is 1370. The Morgan fingerprint density at radius 3 is 2.31 bits per heavy atom. The second kappa shape index (κ2) is 12.5. The van der Waals surface area contributed by atoms with Crippen molar-refractivity contribution in [3.8, 4) is 5.75 Å². The molecule has 39 heavy (non-hydrogen) atoms. The van der Waals surface area contributed by atoms with Gasteiger partial charge in [0.05, 0.1) is 23.3 Å². The number of hydrogen-bond acceptors (Lipinski definition) is 8. The minimum Gasteiger partial charge on any atom is -0.495 e. The zero-order chi connectivity index (χ0) is 27.8. The van der Waals surface area contributed by atoms with Gasteiger partial charge in [0.15, 0.2) is 6.61 Å². The van der Waals surface area contributed by atoms with Gasteiger partial charge in [-0.05, 0) is 67.8 Å². The number of nitrogens with one attached hydrogen (secondary N) is 2. The summed E-state index contributed by atoms with van der Waals surface area (Å²) in [6, 6.07) is 17.4. The van der Waals surface area contributed by atoms with Gasteiger partial charge in [0.25, 0.3) is 17.5 Å². The van der Waals surface area contributed by atoms with E-state index in [1.165, 1.54) is 31.4 Å². The summed E-state index contributed by atoms with van der Waals surface area (Å²) >= 11 is 0. The van der Waals surface area contributed by atoms with Crippen molar-refractivity contribution >= 4 is 40.5 Å². The lowest BCUT2D eigenvalue weighted by Crippen LogP contribution is -2.30. The molecule has 2 N–H and O–H groups in total. The van der Waals surface area contributed by atoms with Crippen LogP contribution in [0.25, 0.3) is 0 Å². The molecule has 0 atom stereocenters. The van der Waals surface area contributed by atoms with E-state index in [0.29, 0.717) is 28.4 Å². The number of rotatable bonds is 9. The van der Waals surface area contributed by atoms with Crippen LogP contribution in [0.4, 0.5) is 22.7 Å². The van der Waals surface area contributed by atoms with E-state index in [0.717, 1.165) is 32.4 Å². The fraction of sp³-hybridized carbons (Fsp3) is 0.250. The van der Waals surface area contributed by atoms with E-state index in [2.05, 4.69) is 10.6 Å². The number of hydrogen-bond donors (Lipinski definition) is 2. The first-order valence-corrected chi connectivity index (χ1v) is 12.4. The molecule has 0 aromatic heterocycles. The van der Waals surface area contributed by atoms with Crippen LogP contribution in [0, 0.1) is 10.1 Å². The molecule has 2 amide bonds. The summed E-state index contributed by atoms with van der Waals surface area (Å²) in [5.41, 5.74) is 1.56. The molecule has 3 aromatic rings. The molecule has 4 rings (SSSR count). The number of para-hydroxylation sites is 2. The highest BCUT2D eigenvalue weighted by molar-refractivity contribution is 6.05. The van der Waals surface area contributed by atoms with Crippen LogP contribution in [-0.2, 0) is 9.53 Å². The number of carbonyl (C=O) groups excluding carboxylic acids is 3. The van der Waals surface area contributed by atoms with Crippen molar-refractivity contribution in [2.45, 2.75) is 19.3 Å². The number of carbonyl (C=O) groups is 3. The molecule has 0 aliphatic carbocycles. The highest BCUT2D eigenvalue weighted by Crippen LogP contribution is 2.31. The van der Waals surface area contributed by atoms with Crippen LogP contribution in [0.3, 0.4) is 0 Å². The Morgan fingerprint density at radius 2 is 1.62 bits per heavy atom. The van der Waals surface area contributed by atoms with Crippen LogP contribution in [0.15, 0.2) is 66.7 Å². The third-order valence-electron chi connectivity index (χ3n) is 6.22. The molecular weight excluding hydrogens is 504 g/mol. The normalized spacial score (nSPS) is 12.8. The quantitative estimate of drug-likeness (QED) is 0.231. The number of ether oxygens (including phenoxy) is 2. The van der Waals surface area contributed by atoms with E-state index >= 15 is 0 Å². The fourth-order valence-corrected chi connectivity index (χ4v) is 4.26. The van der Waals surface area contributed by atoms with Crippen LogP contribution < -0.4 is 20.3 Å². The molecule has 0 unspecified atom stereocenters. The van der Waals surface area contributed by atoms with Gasteiger partial charge in [-0.1, -0.05) is 12.1 Å². The number of esters is 1. The second-order valence-corrected chi connectivity index (χ2v) is 8.86.